The number of carbonyl (C=O) groups excluding carboxylic acids is 2. The second kappa shape index (κ2) is 13.4. The van der Waals surface area contributed by atoms with E-state index in [0.29, 0.717) is 30.0 Å². The molecule has 1 aliphatic rings. The zero-order valence-electron chi connectivity index (χ0n) is 27.6. The molecule has 2 N–H and O–H groups in total. The number of halogens is 1. The number of nitrogens with one attached hydrogen (secondary N) is 2. The van der Waals surface area contributed by atoms with Gasteiger partial charge in [0.05, 0.1) is 29.3 Å². The Hall–Kier alpha value is -4.16. The van der Waals surface area contributed by atoms with Crippen molar-refractivity contribution in [1.82, 2.24) is 29.4 Å². The maximum absolute atomic E-state index is 14.1. The molecule has 1 amide bonds. The fourth-order valence-corrected chi connectivity index (χ4v) is 7.41. The molecule has 0 bridgehead atoms. The van der Waals surface area contributed by atoms with Crippen molar-refractivity contribution in [2.24, 2.45) is 0 Å². The van der Waals surface area contributed by atoms with Gasteiger partial charge in [0.1, 0.15) is 17.4 Å². The van der Waals surface area contributed by atoms with Crippen LogP contribution in [0.1, 0.15) is 72.9 Å². The standard InChI is InChI=1S/C36H39ClN6O4S/c1-6-47-34(45)32(41-48(46)35(3,4)5)31-27-18-23(2)12-15-29(27)43-20-36(17-16-30(31)43,24-10-8-7-9-11-24)40-33(44)26-14-13-25(19-28(26)37)42-21-38-39-22-42/h7-15,18-19,21-22,32,41H,6,16-17,20H2,1-5H3,(H,40,44)/t32?,36-,48-/m1/s1. The normalized spacial score (nSPS) is 17.5. The zero-order valence-corrected chi connectivity index (χ0v) is 29.2. The number of hydrogen-bond acceptors (Lipinski definition) is 7. The van der Waals surface area contributed by atoms with Gasteiger partial charge < -0.3 is 19.2 Å². The minimum absolute atomic E-state index is 0.193. The monoisotopic (exact) mass is 686 g/mol. The van der Waals surface area contributed by atoms with E-state index in [4.69, 9.17) is 16.3 Å². The fourth-order valence-electron chi connectivity index (χ4n) is 6.37. The highest BCUT2D eigenvalue weighted by molar-refractivity contribution is 7.90. The first-order valence-electron chi connectivity index (χ1n) is 15.9. The van der Waals surface area contributed by atoms with Crippen molar-refractivity contribution in [1.29, 1.82) is 0 Å². The number of ether oxygens (including phenoxy) is 1. The van der Waals surface area contributed by atoms with Gasteiger partial charge in [0.15, 0.2) is 6.04 Å². The van der Waals surface area contributed by atoms with Gasteiger partial charge in [-0.15, -0.1) is 14.9 Å². The lowest BCUT2D eigenvalue weighted by Gasteiger charge is -2.40. The molecule has 12 heteroatoms. The van der Waals surface area contributed by atoms with E-state index in [-0.39, 0.29) is 12.5 Å². The Labute approximate surface area is 288 Å². The molecule has 0 radical (unpaired) electrons. The first kappa shape index (κ1) is 33.7. The number of hydrogen-bond donors (Lipinski definition) is 2. The fraction of sp³-hybridized carbons (Fsp3) is 0.333. The Morgan fingerprint density at radius 3 is 2.48 bits per heavy atom. The van der Waals surface area contributed by atoms with Gasteiger partial charge in [-0.25, -0.2) is 4.79 Å². The van der Waals surface area contributed by atoms with Crippen LogP contribution >= 0.6 is 11.6 Å². The van der Waals surface area contributed by atoms with Crippen molar-refractivity contribution in [2.45, 2.75) is 70.3 Å². The Bertz CT molecular complexity index is 1960. The number of carbonyl (C=O) groups is 2. The molecule has 6 rings (SSSR count). The number of aromatic nitrogens is 4. The maximum atomic E-state index is 14.1. The predicted molar refractivity (Wildman–Crippen MR) is 187 cm³/mol. The van der Waals surface area contributed by atoms with Gasteiger partial charge in [-0.05, 0) is 83.4 Å². The first-order valence-corrected chi connectivity index (χ1v) is 17.4. The molecule has 1 aliphatic heterocycles. The molecule has 3 aromatic carbocycles. The lowest BCUT2D eigenvalue weighted by molar-refractivity contribution is -0.145. The highest BCUT2D eigenvalue weighted by atomic mass is 35.5. The second-order valence-corrected chi connectivity index (χ2v) is 15.5. The molecular formula is C36H39ClN6O4S. The molecule has 0 saturated heterocycles. The van der Waals surface area contributed by atoms with E-state index in [0.717, 1.165) is 39.0 Å². The first-order chi connectivity index (χ1) is 22.9. The minimum Gasteiger partial charge on any atom is -0.598 e. The lowest BCUT2D eigenvalue weighted by Crippen LogP contribution is -2.51. The molecule has 0 aliphatic carbocycles. The van der Waals surface area contributed by atoms with Gasteiger partial charge >= 0.3 is 5.97 Å². The summed E-state index contributed by atoms with van der Waals surface area (Å²) in [6.45, 7) is 9.94. The summed E-state index contributed by atoms with van der Waals surface area (Å²) in [4.78, 5) is 27.7. The van der Waals surface area contributed by atoms with Crippen LogP contribution in [0.5, 0.6) is 0 Å². The van der Waals surface area contributed by atoms with E-state index in [1.54, 1.807) is 42.3 Å². The molecule has 3 heterocycles. The van der Waals surface area contributed by atoms with E-state index in [9.17, 15) is 14.1 Å². The van der Waals surface area contributed by atoms with Crippen molar-refractivity contribution in [3.63, 3.8) is 0 Å². The maximum Gasteiger partial charge on any atom is 0.332 e. The number of nitrogens with zero attached hydrogens (tertiary/aromatic N) is 4. The summed E-state index contributed by atoms with van der Waals surface area (Å²) in [6, 6.07) is 20.3. The average Bonchev–Trinajstić information content (AvgIpc) is 3.70. The molecule has 2 aromatic heterocycles. The summed E-state index contributed by atoms with van der Waals surface area (Å²) >= 11 is 5.14. The number of esters is 1. The predicted octanol–water partition coefficient (Wildman–Crippen LogP) is 6.11. The van der Waals surface area contributed by atoms with Gasteiger partial charge in [-0.1, -0.05) is 53.6 Å². The van der Waals surface area contributed by atoms with Crippen LogP contribution in [0.4, 0.5) is 0 Å². The Balaban J connectivity index is 1.45. The highest BCUT2D eigenvalue weighted by Crippen LogP contribution is 2.42. The second-order valence-electron chi connectivity index (χ2n) is 13.1. The summed E-state index contributed by atoms with van der Waals surface area (Å²) in [5.74, 6) is -0.786. The SMILES string of the molecule is CCOC(=O)C(N[S@+]([O-])C(C)(C)C)c1c2n(c3ccc(C)cc13)C[C@@](NC(=O)c1ccc(-n3cnnc3)cc1Cl)(c1ccccc1)CC2. The largest absolute Gasteiger partial charge is 0.598 e. The van der Waals surface area contributed by atoms with Gasteiger partial charge in [-0.2, -0.15) is 0 Å². The summed E-state index contributed by atoms with van der Waals surface area (Å²) in [5, 5.41) is 12.3. The highest BCUT2D eigenvalue weighted by Gasteiger charge is 2.43. The van der Waals surface area contributed by atoms with Crippen LogP contribution in [-0.2, 0) is 39.4 Å². The van der Waals surface area contributed by atoms with E-state index in [1.807, 2.05) is 70.2 Å². The number of rotatable bonds is 9. The lowest BCUT2D eigenvalue weighted by atomic mass is 9.81. The van der Waals surface area contributed by atoms with Gasteiger partial charge in [0.25, 0.3) is 5.91 Å². The van der Waals surface area contributed by atoms with Crippen LogP contribution in [0.25, 0.3) is 16.6 Å². The van der Waals surface area contributed by atoms with Crippen molar-refractivity contribution < 1.29 is 18.9 Å². The third-order valence-corrected chi connectivity index (χ3v) is 10.6. The molecule has 48 heavy (non-hydrogen) atoms. The van der Waals surface area contributed by atoms with Crippen LogP contribution in [-0.4, -0.2) is 47.1 Å². The van der Waals surface area contributed by atoms with Crippen LogP contribution in [0.2, 0.25) is 5.02 Å². The Kier molecular flexibility index (Phi) is 9.41. The molecule has 10 nitrogen and oxygen atoms in total. The van der Waals surface area contributed by atoms with Gasteiger partial charge in [0.2, 0.25) is 0 Å². The topological polar surface area (TPSA) is 126 Å². The number of amides is 1. The number of aryl methyl sites for hydroxylation is 1. The van der Waals surface area contributed by atoms with Crippen molar-refractivity contribution in [2.75, 3.05) is 6.61 Å². The molecule has 0 fully saturated rings. The van der Waals surface area contributed by atoms with Crippen molar-refractivity contribution >= 4 is 45.7 Å². The average molecular weight is 687 g/mol. The molecular weight excluding hydrogens is 648 g/mol. The van der Waals surface area contributed by atoms with Crippen LogP contribution < -0.4 is 10.0 Å². The number of fused-ring (bicyclic) bond motifs is 3. The summed E-state index contributed by atoms with van der Waals surface area (Å²) in [6.07, 6.45) is 4.20. The van der Waals surface area contributed by atoms with Crippen LogP contribution in [0, 0.1) is 6.92 Å². The Morgan fingerprint density at radius 1 is 1.08 bits per heavy atom. The van der Waals surface area contributed by atoms with Crippen molar-refractivity contribution in [3.05, 3.63) is 112 Å². The van der Waals surface area contributed by atoms with E-state index in [1.165, 1.54) is 0 Å². The quantitative estimate of drug-likeness (QED) is 0.142. The molecule has 0 spiro atoms. The third kappa shape index (κ3) is 6.47. The number of benzene rings is 3. The molecule has 250 valence electrons. The van der Waals surface area contributed by atoms with Gasteiger partial charge in [0, 0.05) is 39.2 Å². The van der Waals surface area contributed by atoms with E-state index >= 15 is 0 Å². The molecule has 5 aromatic rings. The van der Waals surface area contributed by atoms with Crippen LogP contribution in [0.3, 0.4) is 0 Å². The minimum atomic E-state index is -1.55. The summed E-state index contributed by atoms with van der Waals surface area (Å²) < 4.78 is 25.4. The van der Waals surface area contributed by atoms with E-state index < -0.39 is 33.7 Å². The summed E-state index contributed by atoms with van der Waals surface area (Å²) in [5.41, 5.74) is 4.85. The molecule has 1 unspecified atom stereocenters. The van der Waals surface area contributed by atoms with Crippen molar-refractivity contribution in [3.8, 4) is 5.69 Å². The Morgan fingerprint density at radius 2 is 1.81 bits per heavy atom. The van der Waals surface area contributed by atoms with Crippen LogP contribution in [0.15, 0.2) is 79.4 Å². The smallest absolute Gasteiger partial charge is 0.332 e. The third-order valence-electron chi connectivity index (χ3n) is 8.77. The van der Waals surface area contributed by atoms with E-state index in [2.05, 4.69) is 30.9 Å². The molecule has 3 atom stereocenters. The van der Waals surface area contributed by atoms with Gasteiger partial charge in [-0.3, -0.25) is 9.36 Å². The molecule has 0 saturated carbocycles. The zero-order chi connectivity index (χ0) is 34.2. The summed E-state index contributed by atoms with van der Waals surface area (Å²) in [7, 11) is 0.